The zero-order chi connectivity index (χ0) is 19.4. The summed E-state index contributed by atoms with van der Waals surface area (Å²) in [5.74, 6) is 0.232. The summed E-state index contributed by atoms with van der Waals surface area (Å²) in [6.45, 7) is 3.68. The topological polar surface area (TPSA) is 92.7 Å². The van der Waals surface area contributed by atoms with E-state index in [0.717, 1.165) is 4.90 Å². The summed E-state index contributed by atoms with van der Waals surface area (Å²) in [6, 6.07) is 9.05. The molecule has 0 atom stereocenters. The number of thioether (sulfide) groups is 1. The van der Waals surface area contributed by atoms with Crippen LogP contribution in [0.3, 0.4) is 0 Å². The quantitative estimate of drug-likeness (QED) is 0.635. The minimum Gasteiger partial charge on any atom is -0.310 e. The highest BCUT2D eigenvalue weighted by molar-refractivity contribution is 8.00. The third-order valence-corrected chi connectivity index (χ3v) is 4.64. The van der Waals surface area contributed by atoms with Crippen LogP contribution in [0, 0.1) is 12.7 Å². The Kier molecular flexibility index (Phi) is 5.70. The van der Waals surface area contributed by atoms with Crippen molar-refractivity contribution in [1.82, 2.24) is 19.7 Å². The molecular formula is C18H18FN5O2S. The van der Waals surface area contributed by atoms with Gasteiger partial charge in [0.2, 0.25) is 11.9 Å². The molecule has 9 heteroatoms. The normalized spacial score (nSPS) is 10.8. The lowest BCUT2D eigenvalue weighted by Crippen LogP contribution is -2.20. The molecule has 27 heavy (non-hydrogen) atoms. The molecule has 0 bridgehead atoms. The number of nitrogens with one attached hydrogen (secondary N) is 2. The van der Waals surface area contributed by atoms with Crippen LogP contribution in [0.4, 0.5) is 10.2 Å². The summed E-state index contributed by atoms with van der Waals surface area (Å²) in [4.78, 5) is 31.9. The number of carbonyl (C=O) groups is 1. The van der Waals surface area contributed by atoms with E-state index in [1.807, 2.05) is 6.92 Å². The number of carbonyl (C=O) groups excluding carboxylic acids is 1. The van der Waals surface area contributed by atoms with Crippen LogP contribution in [-0.4, -0.2) is 31.4 Å². The monoisotopic (exact) mass is 387 g/mol. The van der Waals surface area contributed by atoms with Gasteiger partial charge in [-0.05, 0) is 37.6 Å². The van der Waals surface area contributed by atoms with Gasteiger partial charge in [-0.25, -0.2) is 9.37 Å². The first kappa shape index (κ1) is 18.8. The van der Waals surface area contributed by atoms with E-state index in [1.165, 1.54) is 34.6 Å². The third-order valence-electron chi connectivity index (χ3n) is 3.63. The van der Waals surface area contributed by atoms with Crippen molar-refractivity contribution < 1.29 is 9.18 Å². The lowest BCUT2D eigenvalue weighted by molar-refractivity contribution is -0.113. The van der Waals surface area contributed by atoms with Gasteiger partial charge >= 0.3 is 0 Å². The Morgan fingerprint density at radius 2 is 2.04 bits per heavy atom. The molecule has 0 aliphatic heterocycles. The molecule has 2 heterocycles. The van der Waals surface area contributed by atoms with Crippen LogP contribution in [0.25, 0.3) is 5.95 Å². The summed E-state index contributed by atoms with van der Waals surface area (Å²) in [5, 5.41) is 7.07. The largest absolute Gasteiger partial charge is 0.310 e. The first-order valence-corrected chi connectivity index (χ1v) is 9.28. The Labute approximate surface area is 159 Å². The fourth-order valence-corrected chi connectivity index (χ4v) is 3.08. The Bertz CT molecular complexity index is 1010. The molecule has 0 saturated carbocycles. The van der Waals surface area contributed by atoms with Gasteiger partial charge in [-0.3, -0.25) is 14.6 Å². The molecule has 0 spiro atoms. The van der Waals surface area contributed by atoms with Crippen molar-refractivity contribution in [2.45, 2.75) is 25.2 Å². The Morgan fingerprint density at radius 3 is 2.74 bits per heavy atom. The van der Waals surface area contributed by atoms with Crippen molar-refractivity contribution in [3.63, 3.8) is 0 Å². The number of H-pyrrole nitrogens is 1. The summed E-state index contributed by atoms with van der Waals surface area (Å²) >= 11 is 1.29. The van der Waals surface area contributed by atoms with Gasteiger partial charge in [0, 0.05) is 22.7 Å². The van der Waals surface area contributed by atoms with Gasteiger partial charge < -0.3 is 5.32 Å². The molecule has 0 aliphatic rings. The van der Waals surface area contributed by atoms with E-state index in [0.29, 0.717) is 23.6 Å². The molecule has 0 fully saturated rings. The number of hydrogen-bond donors (Lipinski definition) is 2. The lowest BCUT2D eigenvalue weighted by atomic mass is 10.3. The van der Waals surface area contributed by atoms with Gasteiger partial charge in [-0.1, -0.05) is 6.92 Å². The lowest BCUT2D eigenvalue weighted by Gasteiger charge is -2.09. The SMILES string of the molecule is CCc1cc(=O)[nH]c(-n2nc(C)cc2NC(=O)CSc2ccc(F)cc2)n1. The predicted molar refractivity (Wildman–Crippen MR) is 102 cm³/mol. The van der Waals surface area contributed by atoms with Crippen molar-refractivity contribution in [2.75, 3.05) is 11.1 Å². The summed E-state index contributed by atoms with van der Waals surface area (Å²) in [5.41, 5.74) is 1.02. The zero-order valence-corrected chi connectivity index (χ0v) is 15.6. The first-order chi connectivity index (χ1) is 12.9. The fraction of sp³-hybridized carbons (Fsp3) is 0.222. The number of rotatable bonds is 6. The summed E-state index contributed by atoms with van der Waals surface area (Å²) in [6.07, 6.45) is 0.604. The minimum absolute atomic E-state index is 0.148. The first-order valence-electron chi connectivity index (χ1n) is 8.30. The molecular weight excluding hydrogens is 369 g/mol. The van der Waals surface area contributed by atoms with Crippen LogP contribution >= 0.6 is 11.8 Å². The van der Waals surface area contributed by atoms with Gasteiger partial charge in [-0.15, -0.1) is 11.8 Å². The molecule has 2 aromatic heterocycles. The van der Waals surface area contributed by atoms with Gasteiger partial charge in [0.1, 0.15) is 11.6 Å². The maximum Gasteiger partial charge on any atom is 0.252 e. The molecule has 0 radical (unpaired) electrons. The predicted octanol–water partition coefficient (Wildman–Crippen LogP) is 2.70. The number of benzene rings is 1. The van der Waals surface area contributed by atoms with E-state index in [1.54, 1.807) is 25.1 Å². The van der Waals surface area contributed by atoms with Gasteiger partial charge in [0.05, 0.1) is 11.4 Å². The van der Waals surface area contributed by atoms with Crippen LogP contribution in [0.15, 0.2) is 46.1 Å². The average Bonchev–Trinajstić information content (AvgIpc) is 3.01. The van der Waals surface area contributed by atoms with Crippen molar-refractivity contribution in [1.29, 1.82) is 0 Å². The number of amides is 1. The van der Waals surface area contributed by atoms with Crippen LogP contribution in [-0.2, 0) is 11.2 Å². The van der Waals surface area contributed by atoms with Gasteiger partial charge in [0.15, 0.2) is 0 Å². The smallest absolute Gasteiger partial charge is 0.252 e. The van der Waals surface area contributed by atoms with Crippen LogP contribution in [0.1, 0.15) is 18.3 Å². The maximum absolute atomic E-state index is 12.9. The average molecular weight is 387 g/mol. The van der Waals surface area contributed by atoms with E-state index in [2.05, 4.69) is 20.4 Å². The van der Waals surface area contributed by atoms with Crippen LogP contribution in [0.5, 0.6) is 0 Å². The van der Waals surface area contributed by atoms with E-state index < -0.39 is 0 Å². The molecule has 0 aliphatic carbocycles. The van der Waals surface area contributed by atoms with E-state index >= 15 is 0 Å². The molecule has 140 valence electrons. The van der Waals surface area contributed by atoms with Gasteiger partial charge in [-0.2, -0.15) is 9.78 Å². The number of aromatic nitrogens is 4. The molecule has 7 nitrogen and oxygen atoms in total. The van der Waals surface area contributed by atoms with E-state index in [-0.39, 0.29) is 29.0 Å². The van der Waals surface area contributed by atoms with Crippen LogP contribution < -0.4 is 10.9 Å². The fourth-order valence-electron chi connectivity index (χ4n) is 2.38. The summed E-state index contributed by atoms with van der Waals surface area (Å²) < 4.78 is 14.3. The van der Waals surface area contributed by atoms with Crippen molar-refractivity contribution in [2.24, 2.45) is 0 Å². The number of hydrogen-bond acceptors (Lipinski definition) is 5. The third kappa shape index (κ3) is 4.82. The van der Waals surface area contributed by atoms with Crippen molar-refractivity contribution in [3.8, 4) is 5.95 Å². The second kappa shape index (κ2) is 8.17. The highest BCUT2D eigenvalue weighted by Crippen LogP contribution is 2.19. The maximum atomic E-state index is 12.9. The van der Waals surface area contributed by atoms with Gasteiger partial charge in [0.25, 0.3) is 5.56 Å². The highest BCUT2D eigenvalue weighted by Gasteiger charge is 2.13. The number of halogens is 1. The van der Waals surface area contributed by atoms with Crippen LogP contribution in [0.2, 0.25) is 0 Å². The number of aromatic amines is 1. The minimum atomic E-state index is -0.320. The highest BCUT2D eigenvalue weighted by atomic mass is 32.2. The standard InChI is InChI=1S/C18H18FN5O2S/c1-3-13-9-16(25)22-18(20-13)24-15(8-11(2)23-24)21-17(26)10-27-14-6-4-12(19)5-7-14/h4-9H,3,10H2,1-2H3,(H,21,26)(H,20,22,25). The molecule has 1 aromatic carbocycles. The Morgan fingerprint density at radius 1 is 1.30 bits per heavy atom. The molecule has 3 aromatic rings. The van der Waals surface area contributed by atoms with Crippen molar-refractivity contribution >= 4 is 23.5 Å². The second-order valence-corrected chi connectivity index (χ2v) is 6.84. The Balaban J connectivity index is 1.76. The molecule has 1 amide bonds. The second-order valence-electron chi connectivity index (χ2n) is 5.79. The molecule has 2 N–H and O–H groups in total. The molecule has 0 saturated heterocycles. The molecule has 0 unspecified atom stereocenters. The summed E-state index contributed by atoms with van der Waals surface area (Å²) in [7, 11) is 0. The van der Waals surface area contributed by atoms with E-state index in [9.17, 15) is 14.0 Å². The van der Waals surface area contributed by atoms with Crippen molar-refractivity contribution in [3.05, 3.63) is 64.0 Å². The number of nitrogens with zero attached hydrogens (tertiary/aromatic N) is 3. The number of anilines is 1. The zero-order valence-electron chi connectivity index (χ0n) is 14.8. The molecule has 3 rings (SSSR count). The number of aryl methyl sites for hydroxylation is 2. The Hall–Kier alpha value is -2.94. The van der Waals surface area contributed by atoms with E-state index in [4.69, 9.17) is 0 Å².